The maximum atomic E-state index is 13.3. The van der Waals surface area contributed by atoms with Crippen molar-refractivity contribution in [2.24, 2.45) is 0 Å². The summed E-state index contributed by atoms with van der Waals surface area (Å²) in [4.78, 5) is 20.0. The van der Waals surface area contributed by atoms with Gasteiger partial charge in [-0.25, -0.2) is 4.98 Å². The Kier molecular flexibility index (Phi) is 5.16. The van der Waals surface area contributed by atoms with Crippen LogP contribution in [0, 0.1) is 0 Å². The third-order valence-electron chi connectivity index (χ3n) is 5.87. The molecule has 5 rings (SSSR count). The number of fused-ring (bicyclic) bond motifs is 2. The molecule has 0 fully saturated rings. The Labute approximate surface area is 185 Å². The first-order chi connectivity index (χ1) is 15.1. The van der Waals surface area contributed by atoms with E-state index in [0.29, 0.717) is 17.3 Å². The summed E-state index contributed by atoms with van der Waals surface area (Å²) in [5.41, 5.74) is 2.95. The Morgan fingerprint density at radius 2 is 1.90 bits per heavy atom. The van der Waals surface area contributed by atoms with Crippen LogP contribution >= 0.6 is 11.6 Å². The monoisotopic (exact) mass is 434 g/mol. The van der Waals surface area contributed by atoms with Gasteiger partial charge in [-0.15, -0.1) is 0 Å². The number of carbonyl (C=O) groups excluding carboxylic acids is 1. The van der Waals surface area contributed by atoms with Crippen molar-refractivity contribution in [1.29, 1.82) is 0 Å². The average molecular weight is 435 g/mol. The summed E-state index contributed by atoms with van der Waals surface area (Å²) in [5.74, 6) is 1.51. The van der Waals surface area contributed by atoms with E-state index in [9.17, 15) is 4.79 Å². The fourth-order valence-corrected chi connectivity index (χ4v) is 4.36. The van der Waals surface area contributed by atoms with Crippen molar-refractivity contribution in [3.63, 3.8) is 0 Å². The largest absolute Gasteiger partial charge is 0.486 e. The molecule has 7 heteroatoms. The van der Waals surface area contributed by atoms with Crippen LogP contribution in [-0.2, 0) is 24.5 Å². The molecule has 1 unspecified atom stereocenters. The molecule has 31 heavy (non-hydrogen) atoms. The van der Waals surface area contributed by atoms with Gasteiger partial charge in [0, 0.05) is 30.0 Å². The van der Waals surface area contributed by atoms with Crippen LogP contribution in [-0.4, -0.2) is 31.5 Å². The summed E-state index contributed by atoms with van der Waals surface area (Å²) < 4.78 is 10.1. The lowest BCUT2D eigenvalue weighted by molar-refractivity contribution is -0.135. The van der Waals surface area contributed by atoms with E-state index in [1.807, 2.05) is 51.9 Å². The van der Waals surface area contributed by atoms with Crippen molar-refractivity contribution in [2.45, 2.75) is 32.7 Å². The maximum absolute atomic E-state index is 13.3. The molecule has 1 aliphatic heterocycles. The molecule has 0 radical (unpaired) electrons. The predicted molar refractivity (Wildman–Crippen MR) is 120 cm³/mol. The highest BCUT2D eigenvalue weighted by molar-refractivity contribution is 6.30. The third-order valence-corrected chi connectivity index (χ3v) is 6.12. The average Bonchev–Trinajstić information content (AvgIpc) is 3.39. The predicted octanol–water partition coefficient (Wildman–Crippen LogP) is 4.67. The van der Waals surface area contributed by atoms with Crippen molar-refractivity contribution in [3.8, 4) is 5.75 Å². The van der Waals surface area contributed by atoms with E-state index in [4.69, 9.17) is 21.3 Å². The van der Waals surface area contributed by atoms with Gasteiger partial charge in [0.25, 0.3) is 0 Å². The maximum Gasteiger partial charge on any atom is 0.243 e. The number of hydrogen-bond donors (Lipinski definition) is 0. The molecule has 3 heterocycles. The Bertz CT molecular complexity index is 1230. The molecule has 0 N–H and O–H groups in total. The third kappa shape index (κ3) is 3.79. The summed E-state index contributed by atoms with van der Waals surface area (Å²) in [6, 6.07) is 19.3. The highest BCUT2D eigenvalue weighted by Gasteiger charge is 2.28. The molecule has 0 saturated heterocycles. The molecule has 1 atom stereocenters. The number of ether oxygens (including phenoxy) is 1. The zero-order valence-corrected chi connectivity index (χ0v) is 18.0. The Balaban J connectivity index is 1.40. The zero-order valence-electron chi connectivity index (χ0n) is 17.2. The molecule has 1 amide bonds. The second-order valence-electron chi connectivity index (χ2n) is 7.74. The van der Waals surface area contributed by atoms with Gasteiger partial charge in [-0.2, -0.15) is 0 Å². The van der Waals surface area contributed by atoms with E-state index >= 15 is 0 Å². The quantitative estimate of drug-likeness (QED) is 0.458. The van der Waals surface area contributed by atoms with Crippen molar-refractivity contribution < 1.29 is 9.53 Å². The minimum absolute atomic E-state index is 0.0415. The first-order valence-electron chi connectivity index (χ1n) is 10.4. The molecule has 0 bridgehead atoms. The summed E-state index contributed by atoms with van der Waals surface area (Å²) >= 11 is 5.96. The number of amides is 1. The molecule has 158 valence electrons. The lowest BCUT2D eigenvalue weighted by Gasteiger charge is -2.35. The first-order valence-corrected chi connectivity index (χ1v) is 10.7. The van der Waals surface area contributed by atoms with Gasteiger partial charge in [0.2, 0.25) is 5.91 Å². The number of para-hydroxylation sites is 2. The smallest absolute Gasteiger partial charge is 0.243 e. The minimum atomic E-state index is 0.0415. The van der Waals surface area contributed by atoms with Crippen molar-refractivity contribution >= 4 is 28.5 Å². The van der Waals surface area contributed by atoms with E-state index in [1.165, 1.54) is 5.69 Å². The van der Waals surface area contributed by atoms with E-state index in [-0.39, 0.29) is 25.1 Å². The second-order valence-corrected chi connectivity index (χ2v) is 8.17. The van der Waals surface area contributed by atoms with E-state index in [0.717, 1.165) is 23.4 Å². The van der Waals surface area contributed by atoms with Gasteiger partial charge in [-0.05, 0) is 55.5 Å². The van der Waals surface area contributed by atoms with Gasteiger partial charge in [-0.1, -0.05) is 23.7 Å². The fourth-order valence-electron chi connectivity index (χ4n) is 4.24. The molecular weight excluding hydrogens is 412 g/mol. The standard InChI is InChI=1S/C24H23ClN4O2/c1-17-21-7-4-12-27(21)13-14-28(17)24(30)15-29-22-6-3-2-5-20(22)26-23(29)16-31-19-10-8-18(25)9-11-19/h2-12,17H,13-16H2,1H3. The van der Waals surface area contributed by atoms with Crippen LogP contribution in [0.5, 0.6) is 5.75 Å². The van der Waals surface area contributed by atoms with Crippen LogP contribution in [0.15, 0.2) is 66.9 Å². The lowest BCUT2D eigenvalue weighted by atomic mass is 10.1. The lowest BCUT2D eigenvalue weighted by Crippen LogP contribution is -2.42. The molecular formula is C24H23ClN4O2. The Hall–Kier alpha value is -3.25. The molecule has 0 aliphatic carbocycles. The van der Waals surface area contributed by atoms with Crippen molar-refractivity contribution in [3.05, 3.63) is 83.4 Å². The van der Waals surface area contributed by atoms with Gasteiger partial charge in [0.1, 0.15) is 24.7 Å². The summed E-state index contributed by atoms with van der Waals surface area (Å²) in [5, 5.41) is 0.659. The molecule has 2 aromatic carbocycles. The molecule has 2 aromatic heterocycles. The van der Waals surface area contributed by atoms with Crippen molar-refractivity contribution in [2.75, 3.05) is 6.54 Å². The summed E-state index contributed by atoms with van der Waals surface area (Å²) in [6.07, 6.45) is 2.07. The molecule has 4 aromatic rings. The van der Waals surface area contributed by atoms with Gasteiger partial charge >= 0.3 is 0 Å². The summed E-state index contributed by atoms with van der Waals surface area (Å²) in [6.45, 7) is 4.09. The minimum Gasteiger partial charge on any atom is -0.486 e. The second kappa shape index (κ2) is 8.12. The normalized spacial score (nSPS) is 15.8. The topological polar surface area (TPSA) is 52.3 Å². The molecule has 0 saturated carbocycles. The number of hydrogen-bond acceptors (Lipinski definition) is 3. The molecule has 6 nitrogen and oxygen atoms in total. The van der Waals surface area contributed by atoms with Gasteiger partial charge in [0.05, 0.1) is 17.1 Å². The van der Waals surface area contributed by atoms with Crippen LogP contribution in [0.4, 0.5) is 0 Å². The Morgan fingerprint density at radius 1 is 1.10 bits per heavy atom. The Morgan fingerprint density at radius 3 is 2.74 bits per heavy atom. The number of imidazole rings is 1. The van der Waals surface area contributed by atoms with E-state index in [2.05, 4.69) is 23.8 Å². The zero-order chi connectivity index (χ0) is 21.4. The number of aromatic nitrogens is 3. The molecule has 1 aliphatic rings. The number of carbonyl (C=O) groups is 1. The number of benzene rings is 2. The van der Waals surface area contributed by atoms with Gasteiger partial charge in [0.15, 0.2) is 0 Å². The van der Waals surface area contributed by atoms with Crippen molar-refractivity contribution in [1.82, 2.24) is 19.0 Å². The van der Waals surface area contributed by atoms with Crippen LogP contribution in [0.25, 0.3) is 11.0 Å². The van der Waals surface area contributed by atoms with Crippen LogP contribution in [0.1, 0.15) is 24.5 Å². The van der Waals surface area contributed by atoms with Crippen LogP contribution in [0.2, 0.25) is 5.02 Å². The van der Waals surface area contributed by atoms with Crippen LogP contribution < -0.4 is 4.74 Å². The summed E-state index contributed by atoms with van der Waals surface area (Å²) in [7, 11) is 0. The van der Waals surface area contributed by atoms with E-state index in [1.54, 1.807) is 12.1 Å². The highest BCUT2D eigenvalue weighted by atomic mass is 35.5. The number of rotatable bonds is 5. The van der Waals surface area contributed by atoms with E-state index < -0.39 is 0 Å². The van der Waals surface area contributed by atoms with Gasteiger partial charge < -0.3 is 18.8 Å². The molecule has 0 spiro atoms. The fraction of sp³-hybridized carbons (Fsp3) is 0.250. The van der Waals surface area contributed by atoms with Gasteiger partial charge in [-0.3, -0.25) is 4.79 Å². The SMILES string of the molecule is CC1c2cccn2CCN1C(=O)Cn1c(COc2ccc(Cl)cc2)nc2ccccc21. The first kappa shape index (κ1) is 19.7. The highest BCUT2D eigenvalue weighted by Crippen LogP contribution is 2.26. The van der Waals surface area contributed by atoms with Crippen LogP contribution in [0.3, 0.4) is 0 Å². The number of halogens is 1. The number of nitrogens with zero attached hydrogens (tertiary/aromatic N) is 4.